The molecule has 2 bridgehead atoms. The standard InChI is InChI=1S/C24H34N4O3/c1-26-10-12-27(13-11-26)23(29)15-19-8-9-28-18-21(19)6-4-14-31-22-7-3-2-5-20(22)16-25-17-24(28)30/h2-7,19,21,25H,8-18H2,1H3/b6-4-/t19-,21-/m0/s1. The fourth-order valence-electron chi connectivity index (χ4n) is 4.71. The summed E-state index contributed by atoms with van der Waals surface area (Å²) in [7, 11) is 2.10. The molecule has 1 aromatic carbocycles. The molecule has 2 fully saturated rings. The van der Waals surface area contributed by atoms with Crippen molar-refractivity contribution in [3.8, 4) is 5.75 Å². The van der Waals surface area contributed by atoms with Crippen LogP contribution in [-0.4, -0.2) is 86.0 Å². The van der Waals surface area contributed by atoms with Crippen LogP contribution in [0.2, 0.25) is 0 Å². The van der Waals surface area contributed by atoms with E-state index in [1.165, 1.54) is 0 Å². The van der Waals surface area contributed by atoms with E-state index in [1.54, 1.807) is 0 Å². The zero-order valence-electron chi connectivity index (χ0n) is 18.5. The van der Waals surface area contributed by atoms with Crippen LogP contribution in [0.25, 0.3) is 0 Å². The predicted molar refractivity (Wildman–Crippen MR) is 120 cm³/mol. The number of nitrogens with one attached hydrogen (secondary N) is 1. The molecule has 0 unspecified atom stereocenters. The van der Waals surface area contributed by atoms with Crippen LogP contribution in [-0.2, 0) is 16.1 Å². The number of carbonyl (C=O) groups excluding carboxylic acids is 2. The van der Waals surface area contributed by atoms with Gasteiger partial charge in [0, 0.05) is 57.8 Å². The molecule has 2 atom stereocenters. The van der Waals surface area contributed by atoms with Gasteiger partial charge in [-0.05, 0) is 31.4 Å². The second-order valence-corrected chi connectivity index (χ2v) is 8.89. The largest absolute Gasteiger partial charge is 0.489 e. The molecule has 31 heavy (non-hydrogen) atoms. The third-order valence-electron chi connectivity index (χ3n) is 6.73. The minimum atomic E-state index is 0.125. The van der Waals surface area contributed by atoms with E-state index < -0.39 is 0 Å². The van der Waals surface area contributed by atoms with E-state index in [0.717, 1.165) is 50.5 Å². The van der Waals surface area contributed by atoms with Gasteiger partial charge in [-0.1, -0.05) is 30.4 Å². The third kappa shape index (κ3) is 5.66. The first-order valence-corrected chi connectivity index (χ1v) is 11.4. The van der Waals surface area contributed by atoms with Crippen LogP contribution in [0.4, 0.5) is 0 Å². The highest BCUT2D eigenvalue weighted by molar-refractivity contribution is 5.79. The van der Waals surface area contributed by atoms with Crippen molar-refractivity contribution < 1.29 is 14.3 Å². The molecule has 3 heterocycles. The van der Waals surface area contributed by atoms with Crippen LogP contribution in [0.15, 0.2) is 36.4 Å². The molecule has 3 aliphatic heterocycles. The number of fused-ring (bicyclic) bond motifs is 3. The van der Waals surface area contributed by atoms with E-state index in [1.807, 2.05) is 40.1 Å². The van der Waals surface area contributed by atoms with Crippen molar-refractivity contribution in [1.29, 1.82) is 0 Å². The molecule has 0 saturated carbocycles. The molecular formula is C24H34N4O3. The maximum atomic E-state index is 12.9. The molecule has 2 amide bonds. The topological polar surface area (TPSA) is 65.1 Å². The molecule has 0 spiro atoms. The summed E-state index contributed by atoms with van der Waals surface area (Å²) in [6.07, 6.45) is 5.63. The van der Waals surface area contributed by atoms with Gasteiger partial charge >= 0.3 is 0 Å². The maximum Gasteiger partial charge on any atom is 0.236 e. The van der Waals surface area contributed by atoms with E-state index in [0.29, 0.717) is 32.7 Å². The number of hydrogen-bond donors (Lipinski definition) is 1. The summed E-state index contributed by atoms with van der Waals surface area (Å²) < 4.78 is 5.98. The lowest BCUT2D eigenvalue weighted by Crippen LogP contribution is -2.49. The zero-order valence-corrected chi connectivity index (χ0v) is 18.5. The molecule has 1 N–H and O–H groups in total. The van der Waals surface area contributed by atoms with E-state index in [4.69, 9.17) is 4.74 Å². The van der Waals surface area contributed by atoms with Crippen molar-refractivity contribution in [2.45, 2.75) is 19.4 Å². The van der Waals surface area contributed by atoms with Gasteiger partial charge in [-0.2, -0.15) is 0 Å². The molecular weight excluding hydrogens is 392 g/mol. The smallest absolute Gasteiger partial charge is 0.236 e. The molecule has 4 rings (SSSR count). The van der Waals surface area contributed by atoms with Gasteiger partial charge in [-0.15, -0.1) is 0 Å². The lowest BCUT2D eigenvalue weighted by molar-refractivity contribution is -0.135. The number of hydrogen-bond acceptors (Lipinski definition) is 5. The molecule has 0 radical (unpaired) electrons. The van der Waals surface area contributed by atoms with Crippen LogP contribution in [0.5, 0.6) is 5.75 Å². The fraction of sp³-hybridized carbons (Fsp3) is 0.583. The normalized spacial score (nSPS) is 26.7. The van der Waals surface area contributed by atoms with Gasteiger partial charge in [0.15, 0.2) is 0 Å². The second-order valence-electron chi connectivity index (χ2n) is 8.89. The van der Waals surface area contributed by atoms with Gasteiger partial charge in [0.1, 0.15) is 12.4 Å². The van der Waals surface area contributed by atoms with Crippen LogP contribution in [0, 0.1) is 11.8 Å². The first kappa shape index (κ1) is 21.8. The van der Waals surface area contributed by atoms with Crippen LogP contribution < -0.4 is 10.1 Å². The Labute approximate surface area is 185 Å². The van der Waals surface area contributed by atoms with E-state index in [-0.39, 0.29) is 23.7 Å². The Kier molecular flexibility index (Phi) is 7.25. The molecule has 1 aromatic rings. The van der Waals surface area contributed by atoms with Crippen LogP contribution >= 0.6 is 0 Å². The Morgan fingerprint density at radius 3 is 2.77 bits per heavy atom. The number of ether oxygens (including phenoxy) is 1. The highest BCUT2D eigenvalue weighted by Gasteiger charge is 2.32. The number of carbonyl (C=O) groups is 2. The number of likely N-dealkylation sites (N-methyl/N-ethyl adjacent to an activating group) is 1. The number of nitrogens with zero attached hydrogens (tertiary/aromatic N) is 3. The molecule has 3 aliphatic rings. The zero-order chi connectivity index (χ0) is 21.6. The van der Waals surface area contributed by atoms with Gasteiger partial charge in [0.05, 0.1) is 6.54 Å². The quantitative estimate of drug-likeness (QED) is 0.724. The summed E-state index contributed by atoms with van der Waals surface area (Å²) >= 11 is 0. The molecule has 0 aromatic heterocycles. The van der Waals surface area contributed by atoms with E-state index in [9.17, 15) is 9.59 Å². The summed E-state index contributed by atoms with van der Waals surface area (Å²) in [5.74, 6) is 1.66. The SMILES string of the molecule is CN1CCN(C(=O)C[C@@H]2CCN3C[C@@H]2/C=C\COc2ccccc2CNCC3=O)CC1. The van der Waals surface area contributed by atoms with Gasteiger partial charge in [0.2, 0.25) is 11.8 Å². The van der Waals surface area contributed by atoms with Crippen molar-refractivity contribution in [2.75, 3.05) is 59.5 Å². The summed E-state index contributed by atoms with van der Waals surface area (Å²) in [6, 6.07) is 7.93. The number of piperidine rings is 1. The maximum absolute atomic E-state index is 12.9. The van der Waals surface area contributed by atoms with Gasteiger partial charge in [0.25, 0.3) is 0 Å². The number of amides is 2. The van der Waals surface area contributed by atoms with Crippen molar-refractivity contribution in [2.24, 2.45) is 11.8 Å². The van der Waals surface area contributed by atoms with Gasteiger partial charge in [-0.25, -0.2) is 0 Å². The summed E-state index contributed by atoms with van der Waals surface area (Å²) in [4.78, 5) is 31.9. The Balaban J connectivity index is 1.44. The average Bonchev–Trinajstić information content (AvgIpc) is 2.79. The monoisotopic (exact) mass is 426 g/mol. The van der Waals surface area contributed by atoms with Crippen LogP contribution in [0.3, 0.4) is 0 Å². The molecule has 2 saturated heterocycles. The van der Waals surface area contributed by atoms with Gasteiger partial charge in [-0.3, -0.25) is 9.59 Å². The third-order valence-corrected chi connectivity index (χ3v) is 6.73. The number of piperazine rings is 1. The highest BCUT2D eigenvalue weighted by atomic mass is 16.5. The number of rotatable bonds is 2. The van der Waals surface area contributed by atoms with Crippen molar-refractivity contribution >= 4 is 11.8 Å². The lowest BCUT2D eigenvalue weighted by Gasteiger charge is -2.39. The van der Waals surface area contributed by atoms with Crippen molar-refractivity contribution in [3.63, 3.8) is 0 Å². The Bertz CT molecular complexity index is 804. The van der Waals surface area contributed by atoms with E-state index >= 15 is 0 Å². The Hall–Kier alpha value is -2.38. The number of benzene rings is 1. The molecule has 7 nitrogen and oxygen atoms in total. The average molecular weight is 427 g/mol. The lowest BCUT2D eigenvalue weighted by atomic mass is 9.82. The summed E-state index contributed by atoms with van der Waals surface area (Å²) in [5, 5.41) is 3.27. The number of para-hydroxylation sites is 1. The Morgan fingerprint density at radius 1 is 1.13 bits per heavy atom. The van der Waals surface area contributed by atoms with E-state index in [2.05, 4.69) is 23.3 Å². The predicted octanol–water partition coefficient (Wildman–Crippen LogP) is 1.35. The Morgan fingerprint density at radius 2 is 1.94 bits per heavy atom. The second kappa shape index (κ2) is 10.3. The summed E-state index contributed by atoms with van der Waals surface area (Å²) in [6.45, 7) is 6.30. The highest BCUT2D eigenvalue weighted by Crippen LogP contribution is 2.29. The van der Waals surface area contributed by atoms with Gasteiger partial charge < -0.3 is 24.8 Å². The minimum absolute atomic E-state index is 0.125. The minimum Gasteiger partial charge on any atom is -0.489 e. The molecule has 0 aliphatic carbocycles. The molecule has 7 heteroatoms. The molecule has 168 valence electrons. The van der Waals surface area contributed by atoms with Crippen molar-refractivity contribution in [1.82, 2.24) is 20.0 Å². The van der Waals surface area contributed by atoms with Crippen molar-refractivity contribution in [3.05, 3.63) is 42.0 Å². The summed E-state index contributed by atoms with van der Waals surface area (Å²) in [5.41, 5.74) is 1.05. The van der Waals surface area contributed by atoms with Crippen LogP contribution in [0.1, 0.15) is 18.4 Å². The first-order valence-electron chi connectivity index (χ1n) is 11.4. The first-order chi connectivity index (χ1) is 15.1. The fourth-order valence-corrected chi connectivity index (χ4v) is 4.71.